The first kappa shape index (κ1) is 23.1. The Morgan fingerprint density at radius 3 is 2.52 bits per heavy atom. The van der Waals surface area contributed by atoms with Crippen LogP contribution in [0.15, 0.2) is 70.4 Å². The molecule has 4 rings (SSSR count). The largest absolute Gasteiger partial charge is 0.379 e. The van der Waals surface area contributed by atoms with Crippen LogP contribution in [0.1, 0.15) is 16.1 Å². The Morgan fingerprint density at radius 2 is 1.79 bits per heavy atom. The summed E-state index contributed by atoms with van der Waals surface area (Å²) in [4.78, 5) is 24.8. The summed E-state index contributed by atoms with van der Waals surface area (Å²) in [6, 6.07) is 16.1. The van der Waals surface area contributed by atoms with Crippen molar-refractivity contribution in [2.45, 2.75) is 11.4 Å². The van der Waals surface area contributed by atoms with Crippen LogP contribution in [0.25, 0.3) is 0 Å². The molecule has 1 N–H and O–H groups in total. The van der Waals surface area contributed by atoms with E-state index in [-0.39, 0.29) is 46.5 Å². The van der Waals surface area contributed by atoms with Gasteiger partial charge in [0.2, 0.25) is 10.0 Å². The van der Waals surface area contributed by atoms with Crippen molar-refractivity contribution in [1.82, 2.24) is 14.1 Å². The molecule has 2 heterocycles. The van der Waals surface area contributed by atoms with E-state index in [1.165, 1.54) is 39.3 Å². The summed E-state index contributed by atoms with van der Waals surface area (Å²) in [7, 11) is -3.85. The van der Waals surface area contributed by atoms with Crippen molar-refractivity contribution < 1.29 is 17.9 Å². The van der Waals surface area contributed by atoms with Gasteiger partial charge in [0.1, 0.15) is 10.6 Å². The molecule has 0 saturated carbocycles. The standard InChI is InChI=1S/C22H21ClN4O5S/c23-18-7-6-17(14-20(18)33(30,31)26-10-12-32-13-11-26)24-22(29)19-8-9-21(28)27(25-19)15-16-4-2-1-3-5-16/h1-9,14H,10-13,15H2,(H,24,29). The fraction of sp³-hybridized carbons (Fsp3) is 0.227. The predicted octanol–water partition coefficient (Wildman–Crippen LogP) is 2.22. The van der Waals surface area contributed by atoms with E-state index in [9.17, 15) is 18.0 Å². The molecule has 172 valence electrons. The van der Waals surface area contributed by atoms with Gasteiger partial charge in [-0.1, -0.05) is 41.9 Å². The summed E-state index contributed by atoms with van der Waals surface area (Å²) >= 11 is 6.17. The van der Waals surface area contributed by atoms with Gasteiger partial charge < -0.3 is 10.1 Å². The van der Waals surface area contributed by atoms with Crippen LogP contribution in [0, 0.1) is 0 Å². The smallest absolute Gasteiger partial charge is 0.276 e. The van der Waals surface area contributed by atoms with Crippen LogP contribution in [0.5, 0.6) is 0 Å². The number of sulfonamides is 1. The molecule has 0 spiro atoms. The third-order valence-corrected chi connectivity index (χ3v) is 7.43. The highest BCUT2D eigenvalue weighted by Gasteiger charge is 2.28. The van der Waals surface area contributed by atoms with Crippen molar-refractivity contribution in [1.29, 1.82) is 0 Å². The molecule has 1 saturated heterocycles. The van der Waals surface area contributed by atoms with Crippen molar-refractivity contribution in [2.24, 2.45) is 0 Å². The van der Waals surface area contributed by atoms with E-state index in [4.69, 9.17) is 16.3 Å². The van der Waals surface area contributed by atoms with Gasteiger partial charge in [-0.05, 0) is 29.8 Å². The number of nitrogens with zero attached hydrogens (tertiary/aromatic N) is 3. The molecule has 0 bridgehead atoms. The average molecular weight is 489 g/mol. The van der Waals surface area contributed by atoms with Gasteiger partial charge in [-0.3, -0.25) is 9.59 Å². The summed E-state index contributed by atoms with van der Waals surface area (Å²) in [6.45, 7) is 1.27. The predicted molar refractivity (Wildman–Crippen MR) is 123 cm³/mol. The molecule has 9 nitrogen and oxygen atoms in total. The van der Waals surface area contributed by atoms with Crippen LogP contribution in [-0.4, -0.2) is 54.7 Å². The van der Waals surface area contributed by atoms with Crippen molar-refractivity contribution in [2.75, 3.05) is 31.6 Å². The number of morpholine rings is 1. The fourth-order valence-electron chi connectivity index (χ4n) is 3.34. The molecule has 33 heavy (non-hydrogen) atoms. The number of carbonyl (C=O) groups is 1. The van der Waals surface area contributed by atoms with E-state index in [1.54, 1.807) is 0 Å². The highest BCUT2D eigenvalue weighted by molar-refractivity contribution is 7.89. The fourth-order valence-corrected chi connectivity index (χ4v) is 5.25. The van der Waals surface area contributed by atoms with E-state index < -0.39 is 15.9 Å². The monoisotopic (exact) mass is 488 g/mol. The number of hydrogen-bond donors (Lipinski definition) is 1. The molecule has 2 aromatic carbocycles. The molecular formula is C22H21ClN4O5S. The molecule has 0 aliphatic carbocycles. The van der Waals surface area contributed by atoms with Gasteiger partial charge in [-0.2, -0.15) is 9.40 Å². The van der Waals surface area contributed by atoms with Crippen LogP contribution in [0.3, 0.4) is 0 Å². The van der Waals surface area contributed by atoms with E-state index in [1.807, 2.05) is 30.3 Å². The number of amides is 1. The molecule has 3 aromatic rings. The Kier molecular flexibility index (Phi) is 6.89. The molecule has 1 aliphatic heterocycles. The number of benzene rings is 2. The molecule has 0 unspecified atom stereocenters. The maximum absolute atomic E-state index is 13.0. The minimum Gasteiger partial charge on any atom is -0.379 e. The van der Waals surface area contributed by atoms with Gasteiger partial charge in [0.25, 0.3) is 11.5 Å². The number of aromatic nitrogens is 2. The maximum atomic E-state index is 13.0. The topological polar surface area (TPSA) is 111 Å². The van der Waals surface area contributed by atoms with Crippen LogP contribution >= 0.6 is 11.6 Å². The summed E-state index contributed by atoms with van der Waals surface area (Å²) in [5, 5.41) is 6.83. The Balaban J connectivity index is 1.56. The minimum atomic E-state index is -3.85. The Labute approximate surface area is 195 Å². The molecule has 1 fully saturated rings. The molecule has 1 aromatic heterocycles. The van der Waals surface area contributed by atoms with Gasteiger partial charge in [-0.25, -0.2) is 13.1 Å². The van der Waals surface area contributed by atoms with Crippen molar-refractivity contribution >= 4 is 33.2 Å². The Bertz CT molecular complexity index is 1320. The number of rotatable bonds is 6. The third kappa shape index (κ3) is 5.31. The van der Waals surface area contributed by atoms with Gasteiger partial charge in [0.15, 0.2) is 0 Å². The molecule has 11 heteroatoms. The second-order valence-electron chi connectivity index (χ2n) is 7.32. The van der Waals surface area contributed by atoms with E-state index in [0.717, 1.165) is 5.56 Å². The highest BCUT2D eigenvalue weighted by Crippen LogP contribution is 2.28. The third-order valence-electron chi connectivity index (χ3n) is 5.05. The van der Waals surface area contributed by atoms with Crippen molar-refractivity contribution in [3.8, 4) is 0 Å². The van der Waals surface area contributed by atoms with Crippen LogP contribution in [0.2, 0.25) is 5.02 Å². The van der Waals surface area contributed by atoms with Crippen molar-refractivity contribution in [3.05, 3.63) is 87.3 Å². The molecule has 1 amide bonds. The molecule has 0 radical (unpaired) electrons. The first-order valence-electron chi connectivity index (χ1n) is 10.2. The first-order valence-corrected chi connectivity index (χ1v) is 12.0. The zero-order valence-corrected chi connectivity index (χ0v) is 19.1. The number of halogens is 1. The number of nitrogens with one attached hydrogen (secondary N) is 1. The molecular weight excluding hydrogens is 468 g/mol. The molecule has 0 atom stereocenters. The van der Waals surface area contributed by atoms with Gasteiger partial charge in [-0.15, -0.1) is 0 Å². The summed E-state index contributed by atoms with van der Waals surface area (Å²) in [5.74, 6) is -0.589. The van der Waals surface area contributed by atoms with Crippen molar-refractivity contribution in [3.63, 3.8) is 0 Å². The normalized spacial score (nSPS) is 14.7. The minimum absolute atomic E-state index is 0.0121. The Morgan fingerprint density at radius 1 is 1.06 bits per heavy atom. The van der Waals surface area contributed by atoms with E-state index in [2.05, 4.69) is 10.4 Å². The van der Waals surface area contributed by atoms with Gasteiger partial charge in [0, 0.05) is 24.8 Å². The van der Waals surface area contributed by atoms with Gasteiger partial charge >= 0.3 is 0 Å². The molecule has 1 aliphatic rings. The highest BCUT2D eigenvalue weighted by atomic mass is 35.5. The zero-order valence-electron chi connectivity index (χ0n) is 17.5. The summed E-state index contributed by atoms with van der Waals surface area (Å²) in [6.07, 6.45) is 0. The number of hydrogen-bond acceptors (Lipinski definition) is 6. The lowest BCUT2D eigenvalue weighted by molar-refractivity contribution is 0.0730. The Hall–Kier alpha value is -3.05. The van der Waals surface area contributed by atoms with E-state index >= 15 is 0 Å². The SMILES string of the molecule is O=C(Nc1ccc(Cl)c(S(=O)(=O)N2CCOCC2)c1)c1ccc(=O)n(Cc2ccccc2)n1. The summed E-state index contributed by atoms with van der Waals surface area (Å²) in [5.41, 5.74) is 0.762. The second-order valence-corrected chi connectivity index (χ2v) is 9.63. The van der Waals surface area contributed by atoms with Gasteiger partial charge in [0.05, 0.1) is 24.8 Å². The lowest BCUT2D eigenvalue weighted by Crippen LogP contribution is -2.40. The zero-order chi connectivity index (χ0) is 23.4. The number of ether oxygens (including phenoxy) is 1. The van der Waals surface area contributed by atoms with Crippen LogP contribution < -0.4 is 10.9 Å². The number of anilines is 1. The van der Waals surface area contributed by atoms with E-state index in [0.29, 0.717) is 13.2 Å². The second kappa shape index (κ2) is 9.84. The number of carbonyl (C=O) groups excluding carboxylic acids is 1. The van der Waals surface area contributed by atoms with Crippen LogP contribution in [0.4, 0.5) is 5.69 Å². The quantitative estimate of drug-likeness (QED) is 0.569. The average Bonchev–Trinajstić information content (AvgIpc) is 2.83. The first-order chi connectivity index (χ1) is 15.8. The maximum Gasteiger partial charge on any atom is 0.276 e. The lowest BCUT2D eigenvalue weighted by atomic mass is 10.2. The summed E-state index contributed by atoms with van der Waals surface area (Å²) < 4.78 is 33.7. The van der Waals surface area contributed by atoms with Crippen LogP contribution in [-0.2, 0) is 21.3 Å². The lowest BCUT2D eigenvalue weighted by Gasteiger charge is -2.26.